The van der Waals surface area contributed by atoms with E-state index in [0.717, 1.165) is 12.8 Å². The Morgan fingerprint density at radius 2 is 2.08 bits per heavy atom. The van der Waals surface area contributed by atoms with Gasteiger partial charge in [-0.05, 0) is 12.8 Å². The molecule has 0 aromatic heterocycles. The molecule has 1 saturated heterocycles. The molecule has 1 aliphatic heterocycles. The molecule has 1 aliphatic rings. The van der Waals surface area contributed by atoms with E-state index < -0.39 is 0 Å². The molecule has 3 N–H and O–H groups in total. The van der Waals surface area contributed by atoms with Crippen molar-refractivity contribution in [2.75, 3.05) is 13.7 Å². The van der Waals surface area contributed by atoms with Crippen LogP contribution < -0.4 is 11.1 Å². The third kappa shape index (κ3) is 4.67. The van der Waals surface area contributed by atoms with Gasteiger partial charge in [0.2, 0.25) is 0 Å². The fourth-order valence-corrected chi connectivity index (χ4v) is 1.22. The van der Waals surface area contributed by atoms with Crippen LogP contribution in [0.5, 0.6) is 0 Å². The number of rotatable bonds is 1. The number of ether oxygens (including phenoxy) is 1. The van der Waals surface area contributed by atoms with Gasteiger partial charge in [-0.3, -0.25) is 4.79 Å². The standard InChI is InChI=1S/C7H14N2O2.2ClH/c1-11-7(10)6-3-2-5(8)4-9-6;;/h5-6,9H,2-4,8H2,1H3;2*1H. The molecule has 0 saturated carbocycles. The Bertz CT molecular complexity index is 149. The zero-order chi connectivity index (χ0) is 8.27. The van der Waals surface area contributed by atoms with E-state index >= 15 is 0 Å². The topological polar surface area (TPSA) is 64.3 Å². The van der Waals surface area contributed by atoms with Gasteiger partial charge in [0.25, 0.3) is 0 Å². The van der Waals surface area contributed by atoms with Crippen molar-refractivity contribution >= 4 is 30.8 Å². The van der Waals surface area contributed by atoms with Gasteiger partial charge in [0, 0.05) is 12.6 Å². The van der Waals surface area contributed by atoms with E-state index in [1.807, 2.05) is 0 Å². The second-order valence-electron chi connectivity index (χ2n) is 2.82. The van der Waals surface area contributed by atoms with Gasteiger partial charge < -0.3 is 15.8 Å². The lowest BCUT2D eigenvalue weighted by Gasteiger charge is -2.25. The SMILES string of the molecule is COC(=O)C1CCC(N)CN1.Cl.Cl. The van der Waals surface area contributed by atoms with Crippen LogP contribution in [0.2, 0.25) is 0 Å². The largest absolute Gasteiger partial charge is 0.468 e. The van der Waals surface area contributed by atoms with Crippen LogP contribution in [0.25, 0.3) is 0 Å². The zero-order valence-corrected chi connectivity index (χ0v) is 9.12. The number of esters is 1. The van der Waals surface area contributed by atoms with Gasteiger partial charge in [0.1, 0.15) is 6.04 Å². The Hall–Kier alpha value is -0.0300. The molecule has 0 aliphatic carbocycles. The number of methoxy groups -OCH3 is 1. The van der Waals surface area contributed by atoms with E-state index in [4.69, 9.17) is 5.73 Å². The van der Waals surface area contributed by atoms with Crippen LogP contribution in [0.4, 0.5) is 0 Å². The first-order valence-corrected chi connectivity index (χ1v) is 3.81. The molecule has 0 aromatic carbocycles. The van der Waals surface area contributed by atoms with Gasteiger partial charge in [-0.25, -0.2) is 0 Å². The first-order valence-electron chi connectivity index (χ1n) is 3.81. The number of halogens is 2. The van der Waals surface area contributed by atoms with Gasteiger partial charge >= 0.3 is 5.97 Å². The van der Waals surface area contributed by atoms with E-state index in [1.165, 1.54) is 7.11 Å². The van der Waals surface area contributed by atoms with Gasteiger partial charge in [0.05, 0.1) is 7.11 Å². The van der Waals surface area contributed by atoms with Crippen LogP contribution in [0.3, 0.4) is 0 Å². The third-order valence-corrected chi connectivity index (χ3v) is 1.94. The lowest BCUT2D eigenvalue weighted by Crippen LogP contribution is -2.49. The molecular weight excluding hydrogens is 215 g/mol. The Kier molecular flexibility index (Phi) is 8.77. The number of hydrogen-bond donors (Lipinski definition) is 2. The Labute approximate surface area is 90.4 Å². The first kappa shape index (κ1) is 15.4. The van der Waals surface area contributed by atoms with E-state index in [2.05, 4.69) is 10.1 Å². The quantitative estimate of drug-likeness (QED) is 0.627. The highest BCUT2D eigenvalue weighted by Gasteiger charge is 2.23. The van der Waals surface area contributed by atoms with E-state index in [0.29, 0.717) is 6.54 Å². The molecule has 6 heteroatoms. The lowest BCUT2D eigenvalue weighted by molar-refractivity contribution is -0.143. The molecule has 2 atom stereocenters. The van der Waals surface area contributed by atoms with Gasteiger partial charge in [-0.15, -0.1) is 24.8 Å². The maximum atomic E-state index is 10.9. The minimum Gasteiger partial charge on any atom is -0.468 e. The van der Waals surface area contributed by atoms with Crippen molar-refractivity contribution in [3.8, 4) is 0 Å². The number of nitrogens with one attached hydrogen (secondary N) is 1. The summed E-state index contributed by atoms with van der Waals surface area (Å²) in [5.74, 6) is -0.183. The molecule has 0 bridgehead atoms. The predicted octanol–water partition coefficient (Wildman–Crippen LogP) is 0.0823. The molecule has 13 heavy (non-hydrogen) atoms. The molecule has 1 fully saturated rings. The average Bonchev–Trinajstić information content (AvgIpc) is 2.05. The van der Waals surface area contributed by atoms with Crippen molar-refractivity contribution in [3.05, 3.63) is 0 Å². The molecule has 1 heterocycles. The molecule has 2 unspecified atom stereocenters. The van der Waals surface area contributed by atoms with Gasteiger partial charge in [-0.2, -0.15) is 0 Å². The monoisotopic (exact) mass is 230 g/mol. The Balaban J connectivity index is 0. The minimum atomic E-state index is -0.183. The molecule has 1 rings (SSSR count). The fourth-order valence-electron chi connectivity index (χ4n) is 1.22. The van der Waals surface area contributed by atoms with Crippen molar-refractivity contribution in [2.24, 2.45) is 5.73 Å². The van der Waals surface area contributed by atoms with Gasteiger partial charge in [-0.1, -0.05) is 0 Å². The first-order chi connectivity index (χ1) is 5.24. The number of carbonyl (C=O) groups is 1. The van der Waals surface area contributed by atoms with Crippen molar-refractivity contribution in [2.45, 2.75) is 24.9 Å². The summed E-state index contributed by atoms with van der Waals surface area (Å²) in [7, 11) is 1.40. The van der Waals surface area contributed by atoms with Crippen LogP contribution in [0.1, 0.15) is 12.8 Å². The Morgan fingerprint density at radius 3 is 2.46 bits per heavy atom. The van der Waals surface area contributed by atoms with Crippen LogP contribution >= 0.6 is 24.8 Å². The Morgan fingerprint density at radius 1 is 1.46 bits per heavy atom. The summed E-state index contributed by atoms with van der Waals surface area (Å²) in [6, 6.07) is 0.0516. The highest BCUT2D eigenvalue weighted by molar-refractivity contribution is 5.85. The maximum Gasteiger partial charge on any atom is 0.322 e. The summed E-state index contributed by atoms with van der Waals surface area (Å²) >= 11 is 0. The van der Waals surface area contributed by atoms with Crippen LogP contribution in [-0.2, 0) is 9.53 Å². The zero-order valence-electron chi connectivity index (χ0n) is 7.49. The molecule has 0 amide bonds. The molecule has 0 spiro atoms. The average molecular weight is 231 g/mol. The number of hydrogen-bond acceptors (Lipinski definition) is 4. The van der Waals surface area contributed by atoms with Crippen molar-refractivity contribution in [1.29, 1.82) is 0 Å². The number of nitrogens with two attached hydrogens (primary N) is 1. The maximum absolute atomic E-state index is 10.9. The van der Waals surface area contributed by atoms with Crippen molar-refractivity contribution < 1.29 is 9.53 Å². The predicted molar refractivity (Wildman–Crippen MR) is 55.5 cm³/mol. The number of piperidine rings is 1. The highest BCUT2D eigenvalue weighted by atomic mass is 35.5. The second kappa shape index (κ2) is 7.38. The molecule has 80 valence electrons. The fraction of sp³-hybridized carbons (Fsp3) is 0.857. The lowest BCUT2D eigenvalue weighted by atomic mass is 10.0. The van der Waals surface area contributed by atoms with Crippen LogP contribution in [0.15, 0.2) is 0 Å². The normalized spacial score (nSPS) is 26.6. The summed E-state index contributed by atoms with van der Waals surface area (Å²) in [5, 5.41) is 3.02. The van der Waals surface area contributed by atoms with Crippen LogP contribution in [0, 0.1) is 0 Å². The van der Waals surface area contributed by atoms with E-state index in [9.17, 15) is 4.79 Å². The van der Waals surface area contributed by atoms with Crippen LogP contribution in [-0.4, -0.2) is 31.7 Å². The second-order valence-corrected chi connectivity index (χ2v) is 2.82. The molecular formula is C7H16Cl2N2O2. The summed E-state index contributed by atoms with van der Waals surface area (Å²) < 4.78 is 4.58. The molecule has 4 nitrogen and oxygen atoms in total. The minimum absolute atomic E-state index is 0. The summed E-state index contributed by atoms with van der Waals surface area (Å²) in [6.07, 6.45) is 1.68. The summed E-state index contributed by atoms with van der Waals surface area (Å²) in [4.78, 5) is 10.9. The summed E-state index contributed by atoms with van der Waals surface area (Å²) in [6.45, 7) is 0.708. The van der Waals surface area contributed by atoms with E-state index in [-0.39, 0.29) is 42.9 Å². The van der Waals surface area contributed by atoms with Crippen molar-refractivity contribution in [1.82, 2.24) is 5.32 Å². The van der Waals surface area contributed by atoms with Crippen molar-refractivity contribution in [3.63, 3.8) is 0 Å². The third-order valence-electron chi connectivity index (χ3n) is 1.94. The molecule has 0 aromatic rings. The van der Waals surface area contributed by atoms with Gasteiger partial charge in [0.15, 0.2) is 0 Å². The highest BCUT2D eigenvalue weighted by Crippen LogP contribution is 2.06. The molecule has 0 radical (unpaired) electrons. The smallest absolute Gasteiger partial charge is 0.322 e. The number of carbonyl (C=O) groups excluding carboxylic acids is 1. The van der Waals surface area contributed by atoms with E-state index in [1.54, 1.807) is 0 Å². The summed E-state index contributed by atoms with van der Waals surface area (Å²) in [5.41, 5.74) is 5.62.